The molecule has 0 saturated carbocycles. The van der Waals surface area contributed by atoms with Crippen molar-refractivity contribution in [1.82, 2.24) is 9.55 Å². The van der Waals surface area contributed by atoms with Gasteiger partial charge in [-0.25, -0.2) is 9.78 Å². The fourth-order valence-electron chi connectivity index (χ4n) is 4.14. The molecule has 0 aliphatic heterocycles. The molecule has 0 atom stereocenters. The van der Waals surface area contributed by atoms with Gasteiger partial charge in [-0.05, 0) is 53.8 Å². The van der Waals surface area contributed by atoms with Gasteiger partial charge in [-0.2, -0.15) is 0 Å². The van der Waals surface area contributed by atoms with E-state index in [0.29, 0.717) is 5.56 Å². The first-order valence-electron chi connectivity index (χ1n) is 11.0. The number of fused-ring (bicyclic) bond motifs is 1. The predicted molar refractivity (Wildman–Crippen MR) is 127 cm³/mol. The lowest BCUT2D eigenvalue weighted by atomic mass is 10.00. The highest BCUT2D eigenvalue weighted by atomic mass is 16.5. The average molecular weight is 429 g/mol. The molecule has 4 rings (SSSR count). The Kier molecular flexibility index (Phi) is 6.37. The maximum Gasteiger partial charge on any atom is 0.340 e. The summed E-state index contributed by atoms with van der Waals surface area (Å²) in [5, 5.41) is 9.70. The summed E-state index contributed by atoms with van der Waals surface area (Å²) in [4.78, 5) is 17.5. The lowest BCUT2D eigenvalue weighted by Gasteiger charge is -2.13. The molecule has 0 bridgehead atoms. The molecule has 0 aliphatic rings. The summed E-state index contributed by atoms with van der Waals surface area (Å²) < 4.78 is 7.15. The Labute approximate surface area is 188 Å². The van der Waals surface area contributed by atoms with Crippen LogP contribution >= 0.6 is 0 Å². The van der Waals surface area contributed by atoms with Crippen molar-refractivity contribution in [2.45, 2.75) is 39.7 Å². The Hall–Kier alpha value is -3.44. The number of hydrogen-bond acceptors (Lipinski definition) is 4. The van der Waals surface area contributed by atoms with E-state index in [4.69, 9.17) is 9.72 Å². The molecule has 1 heterocycles. The van der Waals surface area contributed by atoms with Gasteiger partial charge in [0, 0.05) is 12.1 Å². The number of nitrogens with zero attached hydrogens (tertiary/aromatic N) is 2. The van der Waals surface area contributed by atoms with Gasteiger partial charge < -0.3 is 9.84 Å². The molecular formula is C27H28N2O3. The number of aromatic nitrogens is 2. The topological polar surface area (TPSA) is 64.3 Å². The fourth-order valence-corrected chi connectivity index (χ4v) is 4.14. The fraction of sp³-hybridized carbons (Fsp3) is 0.259. The van der Waals surface area contributed by atoms with Crippen molar-refractivity contribution in [3.8, 4) is 16.8 Å². The summed E-state index contributed by atoms with van der Waals surface area (Å²) in [6, 6.07) is 19.8. The lowest BCUT2D eigenvalue weighted by Crippen LogP contribution is -2.07. The van der Waals surface area contributed by atoms with Crippen LogP contribution in [0.15, 0.2) is 60.7 Å². The number of ether oxygens (including phenoxy) is 1. The van der Waals surface area contributed by atoms with Gasteiger partial charge in [0.05, 0.1) is 30.3 Å². The molecule has 0 saturated heterocycles. The first kappa shape index (κ1) is 21.8. The third kappa shape index (κ3) is 3.92. The summed E-state index contributed by atoms with van der Waals surface area (Å²) in [6.45, 7) is 4.16. The van der Waals surface area contributed by atoms with E-state index in [1.807, 2.05) is 67.6 Å². The quantitative estimate of drug-likeness (QED) is 0.388. The number of benzene rings is 3. The molecule has 0 spiro atoms. The number of aryl methyl sites for hydroxylation is 2. The molecule has 0 unspecified atom stereocenters. The molecule has 32 heavy (non-hydrogen) atoms. The van der Waals surface area contributed by atoms with E-state index >= 15 is 0 Å². The van der Waals surface area contributed by atoms with Crippen LogP contribution < -0.4 is 0 Å². The summed E-state index contributed by atoms with van der Waals surface area (Å²) in [6.07, 6.45) is 2.89. The Morgan fingerprint density at radius 3 is 2.50 bits per heavy atom. The number of methoxy groups -OCH3 is 1. The zero-order valence-corrected chi connectivity index (χ0v) is 18.8. The van der Waals surface area contributed by atoms with Gasteiger partial charge in [0.1, 0.15) is 5.82 Å². The van der Waals surface area contributed by atoms with Crippen LogP contribution in [-0.4, -0.2) is 27.7 Å². The first-order chi connectivity index (χ1) is 15.6. The lowest BCUT2D eigenvalue weighted by molar-refractivity contribution is 0.0602. The van der Waals surface area contributed by atoms with Crippen molar-refractivity contribution < 1.29 is 14.6 Å². The van der Waals surface area contributed by atoms with Gasteiger partial charge in [-0.1, -0.05) is 55.8 Å². The van der Waals surface area contributed by atoms with Gasteiger partial charge in [-0.3, -0.25) is 4.57 Å². The van der Waals surface area contributed by atoms with E-state index in [-0.39, 0.29) is 12.6 Å². The molecule has 3 aromatic carbocycles. The molecule has 164 valence electrons. The molecule has 0 aliphatic carbocycles. The molecule has 0 amide bonds. The van der Waals surface area contributed by atoms with Gasteiger partial charge in [-0.15, -0.1) is 0 Å². The van der Waals surface area contributed by atoms with Gasteiger partial charge >= 0.3 is 5.97 Å². The number of imidazole rings is 1. The number of esters is 1. The minimum absolute atomic E-state index is 0.00693. The van der Waals surface area contributed by atoms with Crippen molar-refractivity contribution in [3.63, 3.8) is 0 Å². The van der Waals surface area contributed by atoms with E-state index in [9.17, 15) is 9.90 Å². The van der Waals surface area contributed by atoms with E-state index in [1.165, 1.54) is 7.11 Å². The van der Waals surface area contributed by atoms with Crippen LogP contribution in [0.25, 0.3) is 27.8 Å². The standard InChI is InChI=1S/C27H28N2O3/c1-4-5-10-24-28-25-18(2)11-16-23(27(31)32-3)26(25)29(24)21-14-12-19(13-15-21)22-9-7-6-8-20(22)17-30/h6-9,11-16,30H,4-5,10,17H2,1-3H3. The molecule has 5 nitrogen and oxygen atoms in total. The molecule has 0 fully saturated rings. The van der Waals surface area contributed by atoms with E-state index in [2.05, 4.69) is 11.5 Å². The van der Waals surface area contributed by atoms with Crippen LogP contribution in [0.3, 0.4) is 0 Å². The largest absolute Gasteiger partial charge is 0.465 e. The monoisotopic (exact) mass is 428 g/mol. The normalized spacial score (nSPS) is 11.1. The van der Waals surface area contributed by atoms with Crippen molar-refractivity contribution in [1.29, 1.82) is 0 Å². The smallest absolute Gasteiger partial charge is 0.340 e. The van der Waals surface area contributed by atoms with E-state index in [1.54, 1.807) is 0 Å². The number of carbonyl (C=O) groups is 1. The Balaban J connectivity index is 1.90. The maximum atomic E-state index is 12.6. The first-order valence-corrected chi connectivity index (χ1v) is 11.0. The minimum Gasteiger partial charge on any atom is -0.465 e. The number of aliphatic hydroxyl groups excluding tert-OH is 1. The van der Waals surface area contributed by atoms with Crippen LogP contribution in [0, 0.1) is 6.92 Å². The predicted octanol–water partition coefficient (Wildman–Crippen LogP) is 5.62. The molecule has 1 N–H and O–H groups in total. The minimum atomic E-state index is -0.369. The second kappa shape index (κ2) is 9.37. The molecule has 0 radical (unpaired) electrons. The van der Waals surface area contributed by atoms with E-state index in [0.717, 1.165) is 64.1 Å². The molecular weight excluding hydrogens is 400 g/mol. The number of hydrogen-bond donors (Lipinski definition) is 1. The van der Waals surface area contributed by atoms with Crippen LogP contribution in [0.5, 0.6) is 0 Å². The molecule has 5 heteroatoms. The van der Waals surface area contributed by atoms with Crippen LogP contribution in [-0.2, 0) is 17.8 Å². The Morgan fingerprint density at radius 2 is 1.81 bits per heavy atom. The summed E-state index contributed by atoms with van der Waals surface area (Å²) in [7, 11) is 1.40. The van der Waals surface area contributed by atoms with Crippen molar-refractivity contribution >= 4 is 17.0 Å². The number of carbonyl (C=O) groups excluding carboxylic acids is 1. The summed E-state index contributed by atoms with van der Waals surface area (Å²) in [5.74, 6) is 0.566. The highest BCUT2D eigenvalue weighted by Crippen LogP contribution is 2.31. The average Bonchev–Trinajstić information content (AvgIpc) is 3.22. The summed E-state index contributed by atoms with van der Waals surface area (Å²) >= 11 is 0. The second-order valence-electron chi connectivity index (χ2n) is 7.95. The highest BCUT2D eigenvalue weighted by molar-refractivity contribution is 6.03. The van der Waals surface area contributed by atoms with Gasteiger partial charge in [0.25, 0.3) is 0 Å². The van der Waals surface area contributed by atoms with Crippen molar-refractivity contribution in [2.24, 2.45) is 0 Å². The number of aliphatic hydroxyl groups is 1. The Bertz CT molecular complexity index is 1260. The third-order valence-electron chi connectivity index (χ3n) is 5.86. The highest BCUT2D eigenvalue weighted by Gasteiger charge is 2.21. The zero-order valence-electron chi connectivity index (χ0n) is 18.8. The second-order valence-corrected chi connectivity index (χ2v) is 7.95. The molecule has 4 aromatic rings. The van der Waals surface area contributed by atoms with Crippen LogP contribution in [0.4, 0.5) is 0 Å². The third-order valence-corrected chi connectivity index (χ3v) is 5.86. The summed E-state index contributed by atoms with van der Waals surface area (Å²) in [5.41, 5.74) is 7.02. The van der Waals surface area contributed by atoms with Crippen LogP contribution in [0.2, 0.25) is 0 Å². The Morgan fingerprint density at radius 1 is 1.06 bits per heavy atom. The SMILES string of the molecule is CCCCc1nc2c(C)ccc(C(=O)OC)c2n1-c1ccc(-c2ccccc2CO)cc1. The number of rotatable bonds is 7. The zero-order chi connectivity index (χ0) is 22.7. The van der Waals surface area contributed by atoms with Crippen LogP contribution in [0.1, 0.15) is 47.1 Å². The van der Waals surface area contributed by atoms with Gasteiger partial charge in [0.2, 0.25) is 0 Å². The van der Waals surface area contributed by atoms with Crippen molar-refractivity contribution in [2.75, 3.05) is 7.11 Å². The number of unbranched alkanes of at least 4 members (excludes halogenated alkanes) is 1. The van der Waals surface area contributed by atoms with E-state index < -0.39 is 0 Å². The van der Waals surface area contributed by atoms with Gasteiger partial charge in [0.15, 0.2) is 0 Å². The maximum absolute atomic E-state index is 12.6. The molecule has 1 aromatic heterocycles. The van der Waals surface area contributed by atoms with Crippen molar-refractivity contribution in [3.05, 3.63) is 83.2 Å².